The van der Waals surface area contributed by atoms with Crippen LogP contribution in [0.15, 0.2) is 0 Å². The molecule has 2 aliphatic rings. The van der Waals surface area contributed by atoms with E-state index < -0.39 is 0 Å². The van der Waals surface area contributed by atoms with Crippen molar-refractivity contribution in [2.45, 2.75) is 51.6 Å². The van der Waals surface area contributed by atoms with Crippen LogP contribution in [-0.2, 0) is 4.79 Å². The van der Waals surface area contributed by atoms with Crippen LogP contribution in [0.25, 0.3) is 0 Å². The van der Waals surface area contributed by atoms with Gasteiger partial charge in [0.25, 0.3) is 0 Å². The second-order valence-corrected chi connectivity index (χ2v) is 5.56. The second kappa shape index (κ2) is 4.12. The van der Waals surface area contributed by atoms with Gasteiger partial charge in [0.05, 0.1) is 6.04 Å². The van der Waals surface area contributed by atoms with E-state index in [2.05, 4.69) is 5.32 Å². The molecule has 1 amide bonds. The molecule has 4 atom stereocenters. The molecular weight excluding hydrogens is 188 g/mol. The first-order chi connectivity index (χ1) is 7.08. The van der Waals surface area contributed by atoms with Crippen LogP contribution in [0.1, 0.15) is 39.5 Å². The lowest BCUT2D eigenvalue weighted by atomic mass is 9.94. The van der Waals surface area contributed by atoms with Gasteiger partial charge in [-0.15, -0.1) is 0 Å². The average molecular weight is 210 g/mol. The minimum atomic E-state index is -0.343. The van der Waals surface area contributed by atoms with Crippen molar-refractivity contribution in [2.75, 3.05) is 0 Å². The number of nitrogens with one attached hydrogen (secondary N) is 1. The van der Waals surface area contributed by atoms with Gasteiger partial charge in [0.2, 0.25) is 5.91 Å². The maximum atomic E-state index is 11.8. The highest BCUT2D eigenvalue weighted by atomic mass is 16.2. The Hall–Kier alpha value is -0.570. The summed E-state index contributed by atoms with van der Waals surface area (Å²) in [5.74, 6) is 1.88. The minimum Gasteiger partial charge on any atom is -0.352 e. The number of hydrogen-bond donors (Lipinski definition) is 2. The van der Waals surface area contributed by atoms with Crippen molar-refractivity contribution in [1.29, 1.82) is 0 Å². The first kappa shape index (κ1) is 10.9. The van der Waals surface area contributed by atoms with Crippen molar-refractivity contribution < 1.29 is 4.79 Å². The molecule has 0 aliphatic heterocycles. The van der Waals surface area contributed by atoms with Crippen LogP contribution in [0.5, 0.6) is 0 Å². The van der Waals surface area contributed by atoms with E-state index in [4.69, 9.17) is 5.73 Å². The van der Waals surface area contributed by atoms with Crippen molar-refractivity contribution in [1.82, 2.24) is 5.32 Å². The number of carbonyl (C=O) groups excluding carboxylic acids is 1. The highest BCUT2D eigenvalue weighted by molar-refractivity contribution is 5.82. The molecule has 0 spiro atoms. The molecule has 15 heavy (non-hydrogen) atoms. The van der Waals surface area contributed by atoms with Crippen LogP contribution in [0.4, 0.5) is 0 Å². The van der Waals surface area contributed by atoms with Crippen LogP contribution in [-0.4, -0.2) is 18.0 Å². The lowest BCUT2D eigenvalue weighted by molar-refractivity contribution is -0.124. The Kier molecular flexibility index (Phi) is 3.01. The Morgan fingerprint density at radius 2 is 2.07 bits per heavy atom. The molecule has 2 bridgehead atoms. The summed E-state index contributed by atoms with van der Waals surface area (Å²) in [4.78, 5) is 11.8. The quantitative estimate of drug-likeness (QED) is 0.737. The zero-order chi connectivity index (χ0) is 11.0. The SMILES string of the molecule is CC(C)[C@@H](N)C(=O)NC1CC2CCC1C2. The molecule has 0 aromatic carbocycles. The molecule has 0 heterocycles. The third kappa shape index (κ3) is 2.17. The molecule has 3 unspecified atom stereocenters. The number of fused-ring (bicyclic) bond motifs is 2. The lowest BCUT2D eigenvalue weighted by Crippen LogP contribution is -2.49. The molecule has 3 nitrogen and oxygen atoms in total. The van der Waals surface area contributed by atoms with Crippen molar-refractivity contribution in [3.8, 4) is 0 Å². The van der Waals surface area contributed by atoms with E-state index in [1.165, 1.54) is 25.7 Å². The molecule has 86 valence electrons. The summed E-state index contributed by atoms with van der Waals surface area (Å²) in [6, 6.07) is 0.0742. The van der Waals surface area contributed by atoms with Gasteiger partial charge in [0, 0.05) is 6.04 Å². The van der Waals surface area contributed by atoms with Gasteiger partial charge in [-0.05, 0) is 37.0 Å². The van der Waals surface area contributed by atoms with Crippen LogP contribution in [0.2, 0.25) is 0 Å². The Balaban J connectivity index is 1.85. The highest BCUT2D eigenvalue weighted by Crippen LogP contribution is 2.44. The maximum absolute atomic E-state index is 11.8. The van der Waals surface area contributed by atoms with Gasteiger partial charge >= 0.3 is 0 Å². The molecule has 2 saturated carbocycles. The molecule has 3 N–H and O–H groups in total. The minimum absolute atomic E-state index is 0.0440. The predicted molar refractivity (Wildman–Crippen MR) is 60.2 cm³/mol. The number of hydrogen-bond acceptors (Lipinski definition) is 2. The molecule has 0 radical (unpaired) electrons. The van der Waals surface area contributed by atoms with Gasteiger partial charge in [-0.25, -0.2) is 0 Å². The van der Waals surface area contributed by atoms with Crippen LogP contribution >= 0.6 is 0 Å². The van der Waals surface area contributed by atoms with E-state index in [1.54, 1.807) is 0 Å². The third-order valence-corrected chi connectivity index (χ3v) is 4.09. The van der Waals surface area contributed by atoms with Gasteiger partial charge in [0.1, 0.15) is 0 Å². The van der Waals surface area contributed by atoms with Crippen LogP contribution < -0.4 is 11.1 Å². The van der Waals surface area contributed by atoms with Gasteiger partial charge < -0.3 is 11.1 Å². The number of amides is 1. The third-order valence-electron chi connectivity index (χ3n) is 4.09. The molecule has 2 rings (SSSR count). The first-order valence-corrected chi connectivity index (χ1v) is 6.14. The Morgan fingerprint density at radius 1 is 1.33 bits per heavy atom. The first-order valence-electron chi connectivity index (χ1n) is 6.14. The normalized spacial score (nSPS) is 35.9. The lowest BCUT2D eigenvalue weighted by Gasteiger charge is -2.25. The Bertz CT molecular complexity index is 252. The molecule has 2 aliphatic carbocycles. The van der Waals surface area contributed by atoms with Crippen LogP contribution in [0, 0.1) is 17.8 Å². The van der Waals surface area contributed by atoms with Crippen molar-refractivity contribution in [3.05, 3.63) is 0 Å². The highest BCUT2D eigenvalue weighted by Gasteiger charge is 2.40. The van der Waals surface area contributed by atoms with Crippen LogP contribution in [0.3, 0.4) is 0 Å². The summed E-state index contributed by atoms with van der Waals surface area (Å²) in [6.45, 7) is 3.98. The topological polar surface area (TPSA) is 55.1 Å². The van der Waals surface area contributed by atoms with Crippen molar-refractivity contribution in [3.63, 3.8) is 0 Å². The van der Waals surface area contributed by atoms with E-state index in [0.29, 0.717) is 6.04 Å². The van der Waals surface area contributed by atoms with E-state index in [0.717, 1.165) is 11.8 Å². The molecular formula is C12H22N2O. The summed E-state index contributed by atoms with van der Waals surface area (Å²) in [5.41, 5.74) is 5.82. The van der Waals surface area contributed by atoms with Gasteiger partial charge in [-0.1, -0.05) is 20.3 Å². The number of nitrogens with two attached hydrogens (primary N) is 1. The van der Waals surface area contributed by atoms with Crippen molar-refractivity contribution >= 4 is 5.91 Å². The Labute approximate surface area is 91.8 Å². The van der Waals surface area contributed by atoms with E-state index in [1.807, 2.05) is 13.8 Å². The van der Waals surface area contributed by atoms with Gasteiger partial charge in [0.15, 0.2) is 0 Å². The second-order valence-electron chi connectivity index (χ2n) is 5.56. The molecule has 0 saturated heterocycles. The van der Waals surface area contributed by atoms with Gasteiger partial charge in [-0.2, -0.15) is 0 Å². The number of carbonyl (C=O) groups is 1. The fourth-order valence-electron chi connectivity index (χ4n) is 3.00. The summed E-state index contributed by atoms with van der Waals surface area (Å²) in [7, 11) is 0. The zero-order valence-corrected chi connectivity index (χ0v) is 9.70. The maximum Gasteiger partial charge on any atom is 0.237 e. The van der Waals surface area contributed by atoms with E-state index in [9.17, 15) is 4.79 Å². The van der Waals surface area contributed by atoms with E-state index >= 15 is 0 Å². The standard InChI is InChI=1S/C12H22N2O/c1-7(2)11(13)12(15)14-10-6-8-3-4-9(10)5-8/h7-11H,3-6,13H2,1-2H3,(H,14,15)/t8?,9?,10?,11-/m1/s1. The molecule has 2 fully saturated rings. The molecule has 0 aromatic heterocycles. The monoisotopic (exact) mass is 210 g/mol. The summed E-state index contributed by atoms with van der Waals surface area (Å²) < 4.78 is 0. The van der Waals surface area contributed by atoms with E-state index in [-0.39, 0.29) is 17.9 Å². The molecule has 3 heteroatoms. The Morgan fingerprint density at radius 3 is 2.53 bits per heavy atom. The fraction of sp³-hybridized carbons (Fsp3) is 0.917. The summed E-state index contributed by atoms with van der Waals surface area (Å²) >= 11 is 0. The number of rotatable bonds is 3. The van der Waals surface area contributed by atoms with Gasteiger partial charge in [-0.3, -0.25) is 4.79 Å². The summed E-state index contributed by atoms with van der Waals surface area (Å²) in [5, 5.41) is 3.13. The fourth-order valence-corrected chi connectivity index (χ4v) is 3.00. The predicted octanol–water partition coefficient (Wildman–Crippen LogP) is 1.27. The molecule has 0 aromatic rings. The zero-order valence-electron chi connectivity index (χ0n) is 9.70. The largest absolute Gasteiger partial charge is 0.352 e. The van der Waals surface area contributed by atoms with Crippen molar-refractivity contribution in [2.24, 2.45) is 23.5 Å². The average Bonchev–Trinajstić information content (AvgIpc) is 2.77. The summed E-state index contributed by atoms with van der Waals surface area (Å²) in [6.07, 6.45) is 5.17. The smallest absolute Gasteiger partial charge is 0.237 e.